The van der Waals surface area contributed by atoms with E-state index in [9.17, 15) is 0 Å². The molecule has 3 heteroatoms. The Morgan fingerprint density at radius 3 is 2.16 bits per heavy atom. The Morgan fingerprint density at radius 1 is 0.789 bits per heavy atom. The predicted molar refractivity (Wildman–Crippen MR) is 84.9 cm³/mol. The van der Waals surface area contributed by atoms with Gasteiger partial charge in [0, 0.05) is 26.2 Å². The van der Waals surface area contributed by atoms with Crippen LogP contribution in [0.2, 0.25) is 0 Å². The summed E-state index contributed by atoms with van der Waals surface area (Å²) in [7, 11) is 0. The summed E-state index contributed by atoms with van der Waals surface area (Å²) in [5, 5.41) is 3.44. The first-order chi connectivity index (χ1) is 9.35. The fourth-order valence-electron chi connectivity index (χ4n) is 2.13. The molecular weight excluding hydrogens is 236 g/mol. The summed E-state index contributed by atoms with van der Waals surface area (Å²) in [5.74, 6) is 0. The summed E-state index contributed by atoms with van der Waals surface area (Å²) < 4.78 is 5.62. The average Bonchev–Trinajstić information content (AvgIpc) is 2.44. The number of rotatable bonds is 15. The fraction of sp³-hybridized carbons (Fsp3) is 1.00. The molecule has 1 N–H and O–H groups in total. The molecule has 19 heavy (non-hydrogen) atoms. The van der Waals surface area contributed by atoms with E-state index in [1.165, 1.54) is 38.5 Å². The van der Waals surface area contributed by atoms with Crippen LogP contribution in [0.25, 0.3) is 0 Å². The van der Waals surface area contributed by atoms with Gasteiger partial charge in [-0.3, -0.25) is 0 Å². The van der Waals surface area contributed by atoms with Crippen LogP contribution in [-0.2, 0) is 4.74 Å². The molecule has 0 aromatic rings. The van der Waals surface area contributed by atoms with E-state index in [0.717, 1.165) is 45.9 Å². The van der Waals surface area contributed by atoms with Gasteiger partial charge in [-0.25, -0.2) is 0 Å². The quantitative estimate of drug-likeness (QED) is 0.463. The molecule has 0 spiro atoms. The monoisotopic (exact) mass is 272 g/mol. The molecule has 0 unspecified atom stereocenters. The van der Waals surface area contributed by atoms with Crippen molar-refractivity contribution in [2.24, 2.45) is 0 Å². The molecular formula is C16H36N2O. The molecule has 0 saturated carbocycles. The van der Waals surface area contributed by atoms with Crippen molar-refractivity contribution in [3.63, 3.8) is 0 Å². The first-order valence-electron chi connectivity index (χ1n) is 8.35. The number of nitrogens with one attached hydrogen (secondary N) is 1. The highest BCUT2D eigenvalue weighted by Gasteiger charge is 1.97. The van der Waals surface area contributed by atoms with Gasteiger partial charge < -0.3 is 15.0 Å². The zero-order valence-electron chi connectivity index (χ0n) is 13.5. The molecule has 0 heterocycles. The first-order valence-corrected chi connectivity index (χ1v) is 8.35. The lowest BCUT2D eigenvalue weighted by molar-refractivity contribution is 0.131. The zero-order chi connectivity index (χ0) is 14.2. The summed E-state index contributed by atoms with van der Waals surface area (Å²) >= 11 is 0. The van der Waals surface area contributed by atoms with Crippen LogP contribution in [0.15, 0.2) is 0 Å². The van der Waals surface area contributed by atoms with Crippen molar-refractivity contribution in [3.8, 4) is 0 Å². The van der Waals surface area contributed by atoms with Crippen LogP contribution in [0.1, 0.15) is 59.3 Å². The van der Waals surface area contributed by atoms with E-state index < -0.39 is 0 Å². The summed E-state index contributed by atoms with van der Waals surface area (Å²) in [5.41, 5.74) is 0. The van der Waals surface area contributed by atoms with Gasteiger partial charge in [0.05, 0.1) is 6.61 Å². The summed E-state index contributed by atoms with van der Waals surface area (Å²) in [6.45, 7) is 14.0. The average molecular weight is 272 g/mol. The second-order valence-corrected chi connectivity index (χ2v) is 5.16. The molecule has 0 aliphatic carbocycles. The second kappa shape index (κ2) is 15.9. The lowest BCUT2D eigenvalue weighted by atomic mass is 10.1. The maximum atomic E-state index is 5.62. The van der Waals surface area contributed by atoms with E-state index >= 15 is 0 Å². The first kappa shape index (κ1) is 18.9. The van der Waals surface area contributed by atoms with Crippen molar-refractivity contribution in [2.45, 2.75) is 59.3 Å². The number of nitrogens with zero attached hydrogens (tertiary/aromatic N) is 1. The second-order valence-electron chi connectivity index (χ2n) is 5.16. The van der Waals surface area contributed by atoms with E-state index in [-0.39, 0.29) is 0 Å². The zero-order valence-corrected chi connectivity index (χ0v) is 13.5. The van der Waals surface area contributed by atoms with Crippen LogP contribution in [-0.4, -0.2) is 50.8 Å². The molecule has 0 aromatic heterocycles. The number of ether oxygens (including phenoxy) is 1. The van der Waals surface area contributed by atoms with Gasteiger partial charge in [0.2, 0.25) is 0 Å². The molecule has 0 bridgehead atoms. The standard InChI is InChI=1S/C16H36N2O/c1-4-7-8-9-10-11-15-19-16-13-17-12-14-18(5-2)6-3/h17H,4-16H2,1-3H3. The maximum absolute atomic E-state index is 5.62. The van der Waals surface area contributed by atoms with Gasteiger partial charge in [-0.05, 0) is 19.5 Å². The van der Waals surface area contributed by atoms with Crippen LogP contribution in [0, 0.1) is 0 Å². The predicted octanol–water partition coefficient (Wildman–Crippen LogP) is 3.29. The maximum Gasteiger partial charge on any atom is 0.0590 e. The highest BCUT2D eigenvalue weighted by atomic mass is 16.5. The van der Waals surface area contributed by atoms with Crippen molar-refractivity contribution in [2.75, 3.05) is 45.9 Å². The van der Waals surface area contributed by atoms with Crippen molar-refractivity contribution in [1.82, 2.24) is 10.2 Å². The van der Waals surface area contributed by atoms with Crippen LogP contribution in [0.4, 0.5) is 0 Å². The van der Waals surface area contributed by atoms with E-state index in [0.29, 0.717) is 0 Å². The van der Waals surface area contributed by atoms with Crippen molar-refractivity contribution in [1.29, 1.82) is 0 Å². The fourth-order valence-corrected chi connectivity index (χ4v) is 2.13. The molecule has 0 saturated heterocycles. The van der Waals surface area contributed by atoms with E-state index in [1.807, 2.05) is 0 Å². The smallest absolute Gasteiger partial charge is 0.0590 e. The Labute approximate surface area is 121 Å². The molecule has 3 nitrogen and oxygen atoms in total. The molecule has 0 atom stereocenters. The van der Waals surface area contributed by atoms with Gasteiger partial charge in [-0.1, -0.05) is 52.9 Å². The summed E-state index contributed by atoms with van der Waals surface area (Å²) in [4.78, 5) is 2.43. The highest BCUT2D eigenvalue weighted by Crippen LogP contribution is 2.04. The number of hydrogen-bond donors (Lipinski definition) is 1. The molecule has 0 fully saturated rings. The van der Waals surface area contributed by atoms with Gasteiger partial charge in [0.25, 0.3) is 0 Å². The Kier molecular flexibility index (Phi) is 15.8. The van der Waals surface area contributed by atoms with Gasteiger partial charge >= 0.3 is 0 Å². The molecule has 0 radical (unpaired) electrons. The molecule has 0 aliphatic heterocycles. The lowest BCUT2D eigenvalue weighted by Crippen LogP contribution is -2.33. The lowest BCUT2D eigenvalue weighted by Gasteiger charge is -2.17. The number of unbranched alkanes of at least 4 members (excludes halogenated alkanes) is 5. The molecule has 116 valence electrons. The van der Waals surface area contributed by atoms with Gasteiger partial charge in [-0.15, -0.1) is 0 Å². The minimum atomic E-state index is 0.854. The summed E-state index contributed by atoms with van der Waals surface area (Å²) in [6.07, 6.45) is 8.04. The third-order valence-electron chi connectivity index (χ3n) is 3.56. The molecule has 0 rings (SSSR count). The van der Waals surface area contributed by atoms with Crippen molar-refractivity contribution < 1.29 is 4.74 Å². The highest BCUT2D eigenvalue weighted by molar-refractivity contribution is 4.55. The largest absolute Gasteiger partial charge is 0.380 e. The van der Waals surface area contributed by atoms with Gasteiger partial charge in [0.15, 0.2) is 0 Å². The minimum absolute atomic E-state index is 0.854. The Bertz CT molecular complexity index is 161. The Morgan fingerprint density at radius 2 is 1.47 bits per heavy atom. The Hall–Kier alpha value is -0.120. The van der Waals surface area contributed by atoms with E-state index in [1.54, 1.807) is 0 Å². The van der Waals surface area contributed by atoms with E-state index in [2.05, 4.69) is 31.0 Å². The third-order valence-corrected chi connectivity index (χ3v) is 3.56. The van der Waals surface area contributed by atoms with Crippen molar-refractivity contribution >= 4 is 0 Å². The molecule has 0 amide bonds. The topological polar surface area (TPSA) is 24.5 Å². The normalized spacial score (nSPS) is 11.4. The number of likely N-dealkylation sites (N-methyl/N-ethyl adjacent to an activating group) is 1. The van der Waals surface area contributed by atoms with Gasteiger partial charge in [0.1, 0.15) is 0 Å². The molecule has 0 aliphatic rings. The number of hydrogen-bond acceptors (Lipinski definition) is 3. The SMILES string of the molecule is CCCCCCCCOCCNCCN(CC)CC. The van der Waals surface area contributed by atoms with E-state index in [4.69, 9.17) is 4.74 Å². The van der Waals surface area contributed by atoms with Crippen LogP contribution >= 0.6 is 0 Å². The Balaban J connectivity index is 3.02. The van der Waals surface area contributed by atoms with Crippen LogP contribution in [0.5, 0.6) is 0 Å². The van der Waals surface area contributed by atoms with Crippen molar-refractivity contribution in [3.05, 3.63) is 0 Å². The minimum Gasteiger partial charge on any atom is -0.380 e. The third kappa shape index (κ3) is 14.1. The summed E-state index contributed by atoms with van der Waals surface area (Å²) in [6, 6.07) is 0. The molecule has 0 aromatic carbocycles. The van der Waals surface area contributed by atoms with Gasteiger partial charge in [-0.2, -0.15) is 0 Å². The van der Waals surface area contributed by atoms with Crippen LogP contribution < -0.4 is 5.32 Å². The van der Waals surface area contributed by atoms with Crippen LogP contribution in [0.3, 0.4) is 0 Å².